The summed E-state index contributed by atoms with van der Waals surface area (Å²) in [7, 11) is 4.86. The third-order valence-corrected chi connectivity index (χ3v) is 7.12. The number of fused-ring (bicyclic) bond motifs is 2. The highest BCUT2D eigenvalue weighted by atomic mass is 16.5. The number of aromatic nitrogens is 1. The molecule has 3 aromatic rings. The Labute approximate surface area is 180 Å². The number of benzene rings is 2. The highest BCUT2D eigenvalue weighted by molar-refractivity contribution is 6.08. The van der Waals surface area contributed by atoms with Gasteiger partial charge in [-0.05, 0) is 30.0 Å². The molecule has 1 saturated carbocycles. The number of allylic oxidation sites excluding steroid dienone is 2. The molecule has 2 aliphatic carbocycles. The number of aromatic amines is 1. The lowest BCUT2D eigenvalue weighted by Gasteiger charge is -2.30. The van der Waals surface area contributed by atoms with Gasteiger partial charge in [-0.3, -0.25) is 4.79 Å². The molecular weight excluding hydrogens is 392 g/mol. The molecule has 2 atom stereocenters. The van der Waals surface area contributed by atoms with Crippen molar-refractivity contribution in [3.63, 3.8) is 0 Å². The molecule has 1 saturated heterocycles. The summed E-state index contributed by atoms with van der Waals surface area (Å²) in [4.78, 5) is 18.7. The van der Waals surface area contributed by atoms with E-state index in [0.29, 0.717) is 29.7 Å². The van der Waals surface area contributed by atoms with E-state index in [9.17, 15) is 4.79 Å². The summed E-state index contributed by atoms with van der Waals surface area (Å²) in [5.74, 6) is 2.53. The van der Waals surface area contributed by atoms with Crippen LogP contribution in [-0.4, -0.2) is 43.5 Å². The number of ether oxygens (including phenoxy) is 3. The summed E-state index contributed by atoms with van der Waals surface area (Å²) in [6.45, 7) is 1.68. The molecule has 31 heavy (non-hydrogen) atoms. The lowest BCUT2D eigenvalue weighted by atomic mass is 9.81. The van der Waals surface area contributed by atoms with Crippen LogP contribution < -0.4 is 14.2 Å². The van der Waals surface area contributed by atoms with E-state index in [-0.39, 0.29) is 11.2 Å². The second kappa shape index (κ2) is 6.30. The highest BCUT2D eigenvalue weighted by Crippen LogP contribution is 2.66. The number of piperidine rings is 1. The van der Waals surface area contributed by atoms with Crippen LogP contribution in [0.3, 0.4) is 0 Å². The van der Waals surface area contributed by atoms with Gasteiger partial charge in [0.05, 0.1) is 33.4 Å². The van der Waals surface area contributed by atoms with Crippen LogP contribution >= 0.6 is 0 Å². The summed E-state index contributed by atoms with van der Waals surface area (Å²) in [5.41, 5.74) is 5.21. The van der Waals surface area contributed by atoms with Gasteiger partial charge in [-0.15, -0.1) is 0 Å². The minimum atomic E-state index is 0.0284. The zero-order valence-electron chi connectivity index (χ0n) is 17.8. The van der Waals surface area contributed by atoms with Gasteiger partial charge < -0.3 is 24.1 Å². The van der Waals surface area contributed by atoms with Gasteiger partial charge in [0, 0.05) is 40.4 Å². The first kappa shape index (κ1) is 18.4. The van der Waals surface area contributed by atoms with Gasteiger partial charge in [-0.25, -0.2) is 0 Å². The molecule has 6 heteroatoms. The number of hydrogen-bond acceptors (Lipinski definition) is 5. The molecule has 2 fully saturated rings. The number of carbonyl (C=O) groups is 1. The van der Waals surface area contributed by atoms with Crippen molar-refractivity contribution in [2.45, 2.75) is 18.4 Å². The van der Waals surface area contributed by atoms with Crippen LogP contribution in [0.2, 0.25) is 0 Å². The minimum Gasteiger partial charge on any atom is -0.493 e. The van der Waals surface area contributed by atoms with Gasteiger partial charge in [0.25, 0.3) is 0 Å². The van der Waals surface area contributed by atoms with Gasteiger partial charge in [-0.1, -0.05) is 24.3 Å². The van der Waals surface area contributed by atoms with Gasteiger partial charge >= 0.3 is 0 Å². The fraction of sp³-hybridized carbons (Fsp3) is 0.320. The molecule has 1 aromatic heterocycles. The van der Waals surface area contributed by atoms with E-state index < -0.39 is 0 Å². The van der Waals surface area contributed by atoms with Gasteiger partial charge in [-0.2, -0.15) is 0 Å². The van der Waals surface area contributed by atoms with E-state index in [4.69, 9.17) is 14.2 Å². The average Bonchev–Trinajstić information content (AvgIpc) is 3.21. The predicted molar refractivity (Wildman–Crippen MR) is 117 cm³/mol. The standard InChI is InChI=1S/C25H24N2O4/c1-29-20-9-14-8-16(26-22(14)24(31-3)23(20)30-2)13-27-12-15-11-25(15)18-7-5-4-6-17(18)19(28)10-21(25)27/h4-10,15,26H,11-13H2,1-3H3/t15-,25-/m0/s1. The monoisotopic (exact) mass is 416 g/mol. The first-order valence-electron chi connectivity index (χ1n) is 10.5. The molecule has 3 aliphatic rings. The molecule has 0 unspecified atom stereocenters. The van der Waals surface area contributed by atoms with Crippen molar-refractivity contribution in [1.29, 1.82) is 0 Å². The Hall–Kier alpha value is -3.41. The van der Waals surface area contributed by atoms with Crippen LogP contribution in [0.25, 0.3) is 10.9 Å². The van der Waals surface area contributed by atoms with Crippen LogP contribution in [0.5, 0.6) is 17.2 Å². The molecule has 6 nitrogen and oxygen atoms in total. The molecule has 2 aromatic carbocycles. The van der Waals surface area contributed by atoms with Crippen molar-refractivity contribution < 1.29 is 19.0 Å². The van der Waals surface area contributed by atoms with Crippen LogP contribution in [0, 0.1) is 5.92 Å². The second-order valence-corrected chi connectivity index (χ2v) is 8.60. The normalized spacial score (nSPS) is 23.2. The summed E-state index contributed by atoms with van der Waals surface area (Å²) in [5, 5.41) is 1.00. The Bertz CT molecular complexity index is 1270. The first-order chi connectivity index (χ1) is 15.1. The summed E-state index contributed by atoms with van der Waals surface area (Å²) in [6, 6.07) is 12.2. The van der Waals surface area contributed by atoms with E-state index >= 15 is 0 Å². The topological polar surface area (TPSA) is 63.8 Å². The summed E-state index contributed by atoms with van der Waals surface area (Å²) in [6.07, 6.45) is 3.00. The van der Waals surface area contributed by atoms with Gasteiger partial charge in [0.2, 0.25) is 5.75 Å². The lowest BCUT2D eigenvalue weighted by Crippen LogP contribution is -2.28. The molecule has 0 bridgehead atoms. The van der Waals surface area contributed by atoms with Gasteiger partial charge in [0.15, 0.2) is 17.3 Å². The van der Waals surface area contributed by atoms with E-state index in [1.54, 1.807) is 21.3 Å². The number of rotatable bonds is 5. The minimum absolute atomic E-state index is 0.0284. The molecule has 1 aliphatic heterocycles. The fourth-order valence-electron chi connectivity index (χ4n) is 5.73. The molecule has 0 amide bonds. The third kappa shape index (κ3) is 2.36. The van der Waals surface area contributed by atoms with E-state index in [1.165, 1.54) is 11.3 Å². The first-order valence-corrected chi connectivity index (χ1v) is 10.5. The Morgan fingerprint density at radius 1 is 1.10 bits per heavy atom. The van der Waals surface area contributed by atoms with Crippen molar-refractivity contribution in [3.8, 4) is 17.2 Å². The Morgan fingerprint density at radius 2 is 1.90 bits per heavy atom. The quantitative estimate of drug-likeness (QED) is 0.680. The van der Waals surface area contributed by atoms with Crippen LogP contribution in [0.15, 0.2) is 48.2 Å². The molecule has 0 radical (unpaired) electrons. The average molecular weight is 416 g/mol. The molecule has 2 heterocycles. The molecule has 1 spiro atoms. The van der Waals surface area contributed by atoms with E-state index in [0.717, 1.165) is 35.1 Å². The fourth-order valence-corrected chi connectivity index (χ4v) is 5.73. The molecule has 6 rings (SSSR count). The van der Waals surface area contributed by atoms with Crippen molar-refractivity contribution in [2.24, 2.45) is 5.92 Å². The summed E-state index contributed by atoms with van der Waals surface area (Å²) >= 11 is 0. The van der Waals surface area contributed by atoms with Gasteiger partial charge in [0.1, 0.15) is 0 Å². The zero-order valence-corrected chi connectivity index (χ0v) is 17.8. The van der Waals surface area contributed by atoms with Crippen LogP contribution in [0.1, 0.15) is 28.0 Å². The Morgan fingerprint density at radius 3 is 2.68 bits per heavy atom. The largest absolute Gasteiger partial charge is 0.493 e. The number of likely N-dealkylation sites (tertiary alicyclic amines) is 1. The second-order valence-electron chi connectivity index (χ2n) is 8.60. The number of H-pyrrole nitrogens is 1. The highest BCUT2D eigenvalue weighted by Gasteiger charge is 2.66. The third-order valence-electron chi connectivity index (χ3n) is 7.12. The van der Waals surface area contributed by atoms with Crippen LogP contribution in [-0.2, 0) is 12.0 Å². The number of ketones is 1. The van der Waals surface area contributed by atoms with Crippen LogP contribution in [0.4, 0.5) is 0 Å². The zero-order chi connectivity index (χ0) is 21.3. The smallest absolute Gasteiger partial charge is 0.205 e. The number of methoxy groups -OCH3 is 3. The lowest BCUT2D eigenvalue weighted by molar-refractivity contribution is 0.103. The molecular formula is C25H24N2O4. The number of hydrogen-bond donors (Lipinski definition) is 1. The maximum Gasteiger partial charge on any atom is 0.205 e. The van der Waals surface area contributed by atoms with E-state index in [2.05, 4.69) is 22.0 Å². The number of carbonyl (C=O) groups excluding carboxylic acids is 1. The van der Waals surface area contributed by atoms with Crippen molar-refractivity contribution in [3.05, 3.63) is 65.0 Å². The Kier molecular flexibility index (Phi) is 3.73. The summed E-state index contributed by atoms with van der Waals surface area (Å²) < 4.78 is 16.6. The van der Waals surface area contributed by atoms with Crippen molar-refractivity contribution in [2.75, 3.05) is 27.9 Å². The Balaban J connectivity index is 1.38. The molecule has 1 N–H and O–H groups in total. The number of nitrogens with one attached hydrogen (secondary N) is 1. The maximum absolute atomic E-state index is 12.8. The number of nitrogens with zero attached hydrogens (tertiary/aromatic N) is 1. The SMILES string of the molecule is COc1cc2cc(CN3C[C@@H]4C[C@]45C3=CC(=O)c3ccccc35)[nH]c2c(OC)c1OC. The van der Waals surface area contributed by atoms with E-state index in [1.807, 2.05) is 30.3 Å². The molecule has 158 valence electrons. The predicted octanol–water partition coefficient (Wildman–Crippen LogP) is 4.05. The van der Waals surface area contributed by atoms with Crippen molar-refractivity contribution >= 4 is 16.7 Å². The maximum atomic E-state index is 12.8. The van der Waals surface area contributed by atoms with Crippen molar-refractivity contribution in [1.82, 2.24) is 9.88 Å².